The van der Waals surface area contributed by atoms with Crippen LogP contribution in [0.25, 0.3) is 0 Å². The number of hydrogen-bond donors (Lipinski definition) is 0. The molecule has 1 unspecified atom stereocenters. The van der Waals surface area contributed by atoms with Crippen LogP contribution in [0.2, 0.25) is 0 Å². The number of hydrogen-bond acceptors (Lipinski definition) is 5. The van der Waals surface area contributed by atoms with Gasteiger partial charge in [0.2, 0.25) is 6.23 Å². The number of methoxy groups -OCH3 is 1. The number of nitrogens with zero attached hydrogens (tertiary/aromatic N) is 3. The Balaban J connectivity index is 1.86. The Kier molecular flexibility index (Phi) is 3.20. The van der Waals surface area contributed by atoms with Crippen LogP contribution in [0, 0.1) is 0 Å². The number of oxime groups is 1. The van der Waals surface area contributed by atoms with Crippen LogP contribution >= 0.6 is 0 Å². The molecule has 1 aromatic carbocycles. The summed E-state index contributed by atoms with van der Waals surface area (Å²) < 4.78 is 7.16. The van der Waals surface area contributed by atoms with Crippen molar-refractivity contribution < 1.29 is 14.4 Å². The van der Waals surface area contributed by atoms with Crippen molar-refractivity contribution in [2.24, 2.45) is 5.16 Å². The van der Waals surface area contributed by atoms with Crippen LogP contribution in [-0.2, 0) is 4.84 Å². The normalized spacial score (nSPS) is 17.4. The first-order valence-corrected chi connectivity index (χ1v) is 6.15. The third-order valence-corrected chi connectivity index (χ3v) is 3.18. The Morgan fingerprint density at radius 3 is 3.10 bits per heavy atom. The minimum absolute atomic E-state index is 0.192. The summed E-state index contributed by atoms with van der Waals surface area (Å²) in [5, 5.41) is 4.11. The Morgan fingerprint density at radius 2 is 2.40 bits per heavy atom. The molecule has 1 aliphatic rings. The van der Waals surface area contributed by atoms with Crippen LogP contribution in [0.15, 0.2) is 42.1 Å². The van der Waals surface area contributed by atoms with E-state index in [1.54, 1.807) is 31.8 Å². The fraction of sp³-hybridized carbons (Fsp3) is 0.214. The maximum Gasteiger partial charge on any atom is 0.210 e. The van der Waals surface area contributed by atoms with E-state index in [1.807, 2.05) is 16.8 Å². The van der Waals surface area contributed by atoms with Crippen molar-refractivity contribution in [3.8, 4) is 5.75 Å². The van der Waals surface area contributed by atoms with Crippen molar-refractivity contribution in [2.75, 3.05) is 7.11 Å². The molecule has 6 heteroatoms. The van der Waals surface area contributed by atoms with Crippen molar-refractivity contribution in [1.29, 1.82) is 0 Å². The maximum absolute atomic E-state index is 10.8. The molecule has 0 saturated heterocycles. The highest BCUT2D eigenvalue weighted by atomic mass is 16.7. The lowest BCUT2D eigenvalue weighted by molar-refractivity contribution is 0.0322. The molecule has 1 atom stereocenters. The molecule has 0 radical (unpaired) electrons. The molecule has 2 heterocycles. The Labute approximate surface area is 115 Å². The van der Waals surface area contributed by atoms with Gasteiger partial charge in [0.15, 0.2) is 0 Å². The molecule has 0 bridgehead atoms. The molecule has 1 aliphatic heterocycles. The van der Waals surface area contributed by atoms with Gasteiger partial charge in [-0.1, -0.05) is 11.2 Å². The molecular formula is C14H13N3O3. The summed E-state index contributed by atoms with van der Waals surface area (Å²) in [7, 11) is 1.57. The van der Waals surface area contributed by atoms with E-state index in [0.717, 1.165) is 17.6 Å². The molecule has 0 amide bonds. The van der Waals surface area contributed by atoms with Crippen molar-refractivity contribution in [2.45, 2.75) is 12.6 Å². The van der Waals surface area contributed by atoms with E-state index >= 15 is 0 Å². The van der Waals surface area contributed by atoms with Gasteiger partial charge in [0.05, 0.1) is 25.6 Å². The highest BCUT2D eigenvalue weighted by Crippen LogP contribution is 2.29. The molecule has 102 valence electrons. The second-order valence-corrected chi connectivity index (χ2v) is 4.39. The van der Waals surface area contributed by atoms with E-state index in [1.165, 1.54) is 0 Å². The van der Waals surface area contributed by atoms with E-state index in [0.29, 0.717) is 17.7 Å². The predicted molar refractivity (Wildman–Crippen MR) is 71.9 cm³/mol. The number of carbonyl (C=O) groups is 1. The summed E-state index contributed by atoms with van der Waals surface area (Å²) in [5.74, 6) is 0.614. The summed E-state index contributed by atoms with van der Waals surface area (Å²) in [4.78, 5) is 20.2. The highest BCUT2D eigenvalue weighted by molar-refractivity contribution is 6.03. The van der Waals surface area contributed by atoms with Crippen molar-refractivity contribution in [1.82, 2.24) is 9.55 Å². The number of aromatic nitrogens is 2. The summed E-state index contributed by atoms with van der Waals surface area (Å²) >= 11 is 0. The number of carbonyl (C=O) groups excluding carboxylic acids is 1. The van der Waals surface area contributed by atoms with Gasteiger partial charge in [-0.25, -0.2) is 4.98 Å². The molecule has 0 fully saturated rings. The van der Waals surface area contributed by atoms with Crippen LogP contribution in [-0.4, -0.2) is 28.7 Å². The molecule has 0 aliphatic carbocycles. The zero-order valence-electron chi connectivity index (χ0n) is 10.9. The number of rotatable bonds is 4. The molecule has 6 nitrogen and oxygen atoms in total. The minimum Gasteiger partial charge on any atom is -0.496 e. The van der Waals surface area contributed by atoms with E-state index in [9.17, 15) is 4.79 Å². The van der Waals surface area contributed by atoms with Crippen LogP contribution in [0.1, 0.15) is 28.6 Å². The average Bonchev–Trinajstić information content (AvgIpc) is 3.17. The maximum atomic E-state index is 10.8. The fourth-order valence-corrected chi connectivity index (χ4v) is 2.14. The summed E-state index contributed by atoms with van der Waals surface area (Å²) in [6.07, 6.45) is 6.43. The van der Waals surface area contributed by atoms with Crippen molar-refractivity contribution in [3.05, 3.63) is 48.0 Å². The zero-order valence-corrected chi connectivity index (χ0v) is 10.9. The average molecular weight is 271 g/mol. The standard InChI is InChI=1S/C14H13N3O3/c1-19-13-6-10(8-18)2-3-11(13)12-7-14(20-16-12)17-5-4-15-9-17/h2-6,8-9,14H,7H2,1H3. The van der Waals surface area contributed by atoms with E-state index in [2.05, 4.69) is 10.1 Å². The second kappa shape index (κ2) is 5.16. The zero-order chi connectivity index (χ0) is 13.9. The van der Waals surface area contributed by atoms with Gasteiger partial charge >= 0.3 is 0 Å². The Hall–Kier alpha value is -2.63. The molecule has 20 heavy (non-hydrogen) atoms. The fourth-order valence-electron chi connectivity index (χ4n) is 2.14. The van der Waals surface area contributed by atoms with Gasteiger partial charge in [-0.15, -0.1) is 0 Å². The van der Waals surface area contributed by atoms with Gasteiger partial charge in [-0.05, 0) is 12.1 Å². The lowest BCUT2D eigenvalue weighted by Gasteiger charge is -2.10. The van der Waals surface area contributed by atoms with Crippen LogP contribution < -0.4 is 4.74 Å². The molecule has 2 aromatic rings. The predicted octanol–water partition coefficient (Wildman–Crippen LogP) is 2.03. The van der Waals surface area contributed by atoms with Crippen LogP contribution in [0.3, 0.4) is 0 Å². The van der Waals surface area contributed by atoms with Gasteiger partial charge in [0, 0.05) is 23.5 Å². The van der Waals surface area contributed by atoms with Gasteiger partial charge in [0.25, 0.3) is 0 Å². The number of benzene rings is 1. The topological polar surface area (TPSA) is 65.7 Å². The van der Waals surface area contributed by atoms with Gasteiger partial charge < -0.3 is 9.57 Å². The van der Waals surface area contributed by atoms with Gasteiger partial charge in [-0.2, -0.15) is 0 Å². The van der Waals surface area contributed by atoms with Crippen LogP contribution in [0.4, 0.5) is 0 Å². The number of aldehydes is 1. The highest BCUT2D eigenvalue weighted by Gasteiger charge is 2.25. The van der Waals surface area contributed by atoms with Gasteiger partial charge in [0.1, 0.15) is 12.0 Å². The number of ether oxygens (including phenoxy) is 1. The third kappa shape index (κ3) is 2.16. The first-order valence-electron chi connectivity index (χ1n) is 6.15. The third-order valence-electron chi connectivity index (χ3n) is 3.18. The Morgan fingerprint density at radius 1 is 1.50 bits per heavy atom. The van der Waals surface area contributed by atoms with Gasteiger partial charge in [-0.3, -0.25) is 9.36 Å². The van der Waals surface area contributed by atoms with Crippen LogP contribution in [0.5, 0.6) is 5.75 Å². The second-order valence-electron chi connectivity index (χ2n) is 4.39. The summed E-state index contributed by atoms with van der Waals surface area (Å²) in [6.45, 7) is 0. The minimum atomic E-state index is -0.192. The quantitative estimate of drug-likeness (QED) is 0.798. The first kappa shape index (κ1) is 12.4. The number of imidazole rings is 1. The van der Waals surface area contributed by atoms with Crippen molar-refractivity contribution in [3.63, 3.8) is 0 Å². The largest absolute Gasteiger partial charge is 0.496 e. The lowest BCUT2D eigenvalue weighted by Crippen LogP contribution is -2.08. The smallest absolute Gasteiger partial charge is 0.210 e. The first-order chi connectivity index (χ1) is 9.81. The monoisotopic (exact) mass is 271 g/mol. The molecular weight excluding hydrogens is 258 g/mol. The Bertz CT molecular complexity index is 650. The lowest BCUT2D eigenvalue weighted by atomic mass is 10.0. The molecule has 0 spiro atoms. The SMILES string of the molecule is COc1cc(C=O)ccc1C1=NOC(n2ccnc2)C1. The molecule has 3 rings (SSSR count). The molecule has 1 aromatic heterocycles. The van der Waals surface area contributed by atoms with E-state index < -0.39 is 0 Å². The summed E-state index contributed by atoms with van der Waals surface area (Å²) in [5.41, 5.74) is 2.19. The molecule has 0 N–H and O–H groups in total. The van der Waals surface area contributed by atoms with E-state index in [4.69, 9.17) is 9.57 Å². The summed E-state index contributed by atoms with van der Waals surface area (Å²) in [6, 6.07) is 5.24. The molecule has 0 saturated carbocycles. The van der Waals surface area contributed by atoms with Crippen molar-refractivity contribution >= 4 is 12.0 Å². The van der Waals surface area contributed by atoms with E-state index in [-0.39, 0.29) is 6.23 Å².